The summed E-state index contributed by atoms with van der Waals surface area (Å²) < 4.78 is 0.968. The molecule has 0 fully saturated rings. The molecule has 0 bridgehead atoms. The highest BCUT2D eigenvalue weighted by molar-refractivity contribution is 9.10. The summed E-state index contributed by atoms with van der Waals surface area (Å²) in [7, 11) is 0. The predicted octanol–water partition coefficient (Wildman–Crippen LogP) is 2.92. The van der Waals surface area contributed by atoms with Gasteiger partial charge in [0, 0.05) is 36.2 Å². The van der Waals surface area contributed by atoms with Crippen LogP contribution in [0.15, 0.2) is 33.7 Å². The standard InChI is InChI=1S/C17H27BrN4O/c1-3-5-11-21-17(19-4-2)22-13-6-12-20-16(23)14-7-9-15(18)10-8-14/h7-10H,3-6,11-13H2,1-2H3,(H,20,23)(H2,19,21,22). The van der Waals surface area contributed by atoms with Crippen LogP contribution in [0, 0.1) is 0 Å². The second kappa shape index (κ2) is 11.9. The van der Waals surface area contributed by atoms with Crippen LogP contribution >= 0.6 is 15.9 Å². The van der Waals surface area contributed by atoms with E-state index in [0.717, 1.165) is 42.8 Å². The van der Waals surface area contributed by atoms with Crippen LogP contribution in [0.1, 0.15) is 43.5 Å². The fraction of sp³-hybridized carbons (Fsp3) is 0.529. The Hall–Kier alpha value is -1.56. The summed E-state index contributed by atoms with van der Waals surface area (Å²) in [6.45, 7) is 7.30. The van der Waals surface area contributed by atoms with Crippen molar-refractivity contribution in [2.45, 2.75) is 33.1 Å². The third kappa shape index (κ3) is 8.59. The van der Waals surface area contributed by atoms with Gasteiger partial charge in [-0.1, -0.05) is 29.3 Å². The van der Waals surface area contributed by atoms with Gasteiger partial charge < -0.3 is 16.0 Å². The van der Waals surface area contributed by atoms with Gasteiger partial charge in [0.15, 0.2) is 5.96 Å². The molecule has 0 radical (unpaired) electrons. The first kappa shape index (κ1) is 19.5. The van der Waals surface area contributed by atoms with E-state index in [1.807, 2.05) is 12.1 Å². The topological polar surface area (TPSA) is 65.5 Å². The molecule has 0 aliphatic heterocycles. The Labute approximate surface area is 147 Å². The highest BCUT2D eigenvalue weighted by atomic mass is 79.9. The molecular weight excluding hydrogens is 356 g/mol. The molecule has 0 unspecified atom stereocenters. The van der Waals surface area contributed by atoms with Crippen molar-refractivity contribution < 1.29 is 4.79 Å². The predicted molar refractivity (Wildman–Crippen MR) is 100.0 cm³/mol. The van der Waals surface area contributed by atoms with Gasteiger partial charge in [-0.3, -0.25) is 9.79 Å². The Morgan fingerprint density at radius 1 is 1.04 bits per heavy atom. The van der Waals surface area contributed by atoms with Crippen molar-refractivity contribution in [1.29, 1.82) is 0 Å². The molecule has 1 amide bonds. The number of hydrogen-bond donors (Lipinski definition) is 3. The summed E-state index contributed by atoms with van der Waals surface area (Å²) in [6, 6.07) is 7.34. The molecule has 1 aromatic rings. The minimum atomic E-state index is -0.0468. The second-order valence-corrected chi connectivity index (χ2v) is 6.07. The minimum absolute atomic E-state index is 0.0468. The van der Waals surface area contributed by atoms with E-state index in [-0.39, 0.29) is 5.91 Å². The Kier molecular flexibility index (Phi) is 10.1. The normalized spacial score (nSPS) is 11.2. The second-order valence-electron chi connectivity index (χ2n) is 5.16. The summed E-state index contributed by atoms with van der Waals surface area (Å²) in [4.78, 5) is 16.4. The van der Waals surface area contributed by atoms with Gasteiger partial charge in [0.2, 0.25) is 0 Å². The van der Waals surface area contributed by atoms with E-state index < -0.39 is 0 Å². The quantitative estimate of drug-likeness (QED) is 0.349. The number of nitrogens with zero attached hydrogens (tertiary/aromatic N) is 1. The Morgan fingerprint density at radius 2 is 1.74 bits per heavy atom. The molecule has 0 saturated carbocycles. The molecule has 0 atom stereocenters. The number of carbonyl (C=O) groups is 1. The van der Waals surface area contributed by atoms with Crippen molar-refractivity contribution in [2.75, 3.05) is 26.2 Å². The lowest BCUT2D eigenvalue weighted by atomic mass is 10.2. The lowest BCUT2D eigenvalue weighted by Crippen LogP contribution is -2.38. The molecule has 6 heteroatoms. The number of halogens is 1. The van der Waals surface area contributed by atoms with Gasteiger partial charge in [-0.05, 0) is 44.0 Å². The third-order valence-corrected chi connectivity index (χ3v) is 3.69. The van der Waals surface area contributed by atoms with Crippen LogP contribution in [0.25, 0.3) is 0 Å². The van der Waals surface area contributed by atoms with E-state index >= 15 is 0 Å². The molecule has 1 rings (SSSR count). The van der Waals surface area contributed by atoms with Crippen LogP contribution in [-0.2, 0) is 0 Å². The molecule has 0 heterocycles. The van der Waals surface area contributed by atoms with Crippen LogP contribution in [-0.4, -0.2) is 38.0 Å². The van der Waals surface area contributed by atoms with Gasteiger partial charge in [0.05, 0.1) is 0 Å². The first-order valence-electron chi connectivity index (χ1n) is 8.23. The molecule has 0 aliphatic carbocycles. The van der Waals surface area contributed by atoms with E-state index in [4.69, 9.17) is 0 Å². The monoisotopic (exact) mass is 382 g/mol. The number of nitrogens with one attached hydrogen (secondary N) is 3. The molecule has 23 heavy (non-hydrogen) atoms. The van der Waals surface area contributed by atoms with Gasteiger partial charge in [-0.2, -0.15) is 0 Å². The fourth-order valence-electron chi connectivity index (χ4n) is 1.90. The zero-order chi connectivity index (χ0) is 16.9. The van der Waals surface area contributed by atoms with Gasteiger partial charge in [-0.25, -0.2) is 0 Å². The number of benzene rings is 1. The number of rotatable bonds is 9. The van der Waals surface area contributed by atoms with E-state index in [1.165, 1.54) is 0 Å². The SMILES string of the molecule is CCCCNC(=NCCCNC(=O)c1ccc(Br)cc1)NCC. The number of aliphatic imine (C=N–C) groups is 1. The Morgan fingerprint density at radius 3 is 2.39 bits per heavy atom. The summed E-state index contributed by atoms with van der Waals surface area (Å²) in [6.07, 6.45) is 3.11. The number of hydrogen-bond acceptors (Lipinski definition) is 2. The van der Waals surface area contributed by atoms with Crippen molar-refractivity contribution in [3.05, 3.63) is 34.3 Å². The van der Waals surface area contributed by atoms with Gasteiger partial charge >= 0.3 is 0 Å². The van der Waals surface area contributed by atoms with Crippen LogP contribution < -0.4 is 16.0 Å². The number of unbranched alkanes of at least 4 members (excludes halogenated alkanes) is 1. The minimum Gasteiger partial charge on any atom is -0.357 e. The van der Waals surface area contributed by atoms with Crippen molar-refractivity contribution in [3.8, 4) is 0 Å². The average molecular weight is 383 g/mol. The van der Waals surface area contributed by atoms with Gasteiger partial charge in [0.25, 0.3) is 5.91 Å². The zero-order valence-electron chi connectivity index (χ0n) is 14.0. The smallest absolute Gasteiger partial charge is 0.251 e. The van der Waals surface area contributed by atoms with E-state index in [1.54, 1.807) is 12.1 Å². The van der Waals surface area contributed by atoms with Crippen LogP contribution in [0.3, 0.4) is 0 Å². The van der Waals surface area contributed by atoms with Crippen molar-refractivity contribution in [1.82, 2.24) is 16.0 Å². The summed E-state index contributed by atoms with van der Waals surface area (Å²) >= 11 is 3.36. The van der Waals surface area contributed by atoms with Crippen LogP contribution in [0.2, 0.25) is 0 Å². The van der Waals surface area contributed by atoms with E-state index in [9.17, 15) is 4.79 Å². The summed E-state index contributed by atoms with van der Waals surface area (Å²) in [5.41, 5.74) is 0.672. The zero-order valence-corrected chi connectivity index (χ0v) is 15.6. The largest absolute Gasteiger partial charge is 0.357 e. The van der Waals surface area contributed by atoms with Crippen LogP contribution in [0.5, 0.6) is 0 Å². The number of carbonyl (C=O) groups excluding carboxylic acids is 1. The van der Waals surface area contributed by atoms with Gasteiger partial charge in [-0.15, -0.1) is 0 Å². The number of guanidine groups is 1. The molecule has 3 N–H and O–H groups in total. The third-order valence-electron chi connectivity index (χ3n) is 3.16. The fourth-order valence-corrected chi connectivity index (χ4v) is 2.16. The lowest BCUT2D eigenvalue weighted by Gasteiger charge is -2.10. The Bertz CT molecular complexity index is 488. The lowest BCUT2D eigenvalue weighted by molar-refractivity contribution is 0.0953. The van der Waals surface area contributed by atoms with Gasteiger partial charge in [0.1, 0.15) is 0 Å². The highest BCUT2D eigenvalue weighted by Gasteiger charge is 2.03. The average Bonchev–Trinajstić information content (AvgIpc) is 2.55. The molecule has 0 saturated heterocycles. The first-order valence-corrected chi connectivity index (χ1v) is 9.02. The van der Waals surface area contributed by atoms with E-state index in [2.05, 4.69) is 50.7 Å². The summed E-state index contributed by atoms with van der Waals surface area (Å²) in [5.74, 6) is 0.801. The maximum absolute atomic E-state index is 11.9. The maximum Gasteiger partial charge on any atom is 0.251 e. The molecule has 5 nitrogen and oxygen atoms in total. The molecule has 0 spiro atoms. The Balaban J connectivity index is 2.27. The molecule has 0 aromatic heterocycles. The van der Waals surface area contributed by atoms with Crippen molar-refractivity contribution in [2.24, 2.45) is 4.99 Å². The van der Waals surface area contributed by atoms with Crippen molar-refractivity contribution >= 4 is 27.8 Å². The molecule has 1 aromatic carbocycles. The first-order chi connectivity index (χ1) is 11.2. The summed E-state index contributed by atoms with van der Waals surface area (Å²) in [5, 5.41) is 9.43. The maximum atomic E-state index is 11.9. The number of amides is 1. The van der Waals surface area contributed by atoms with Crippen LogP contribution in [0.4, 0.5) is 0 Å². The molecule has 128 valence electrons. The molecular formula is C17H27BrN4O. The van der Waals surface area contributed by atoms with E-state index in [0.29, 0.717) is 18.7 Å². The van der Waals surface area contributed by atoms with Crippen molar-refractivity contribution in [3.63, 3.8) is 0 Å². The highest BCUT2D eigenvalue weighted by Crippen LogP contribution is 2.10. The molecule has 0 aliphatic rings.